The molecule has 2 heteroatoms. The summed E-state index contributed by atoms with van der Waals surface area (Å²) >= 11 is 0. The zero-order valence-corrected chi connectivity index (χ0v) is 10.7. The third kappa shape index (κ3) is 3.10. The number of hydrogen-bond donors (Lipinski definition) is 1. The number of benzene rings is 1. The van der Waals surface area contributed by atoms with E-state index in [0.29, 0.717) is 6.04 Å². The Morgan fingerprint density at radius 2 is 2.18 bits per heavy atom. The summed E-state index contributed by atoms with van der Waals surface area (Å²) in [6.45, 7) is 6.12. The summed E-state index contributed by atoms with van der Waals surface area (Å²) in [5, 5.41) is 3.51. The van der Waals surface area contributed by atoms with Gasteiger partial charge in [-0.15, -0.1) is 0 Å². The van der Waals surface area contributed by atoms with E-state index in [1.807, 2.05) is 0 Å². The topological polar surface area (TPSA) is 21.3 Å². The van der Waals surface area contributed by atoms with Crippen LogP contribution in [-0.4, -0.2) is 19.2 Å². The molecule has 1 aliphatic heterocycles. The maximum absolute atomic E-state index is 5.68. The molecular weight excluding hydrogens is 210 g/mol. The van der Waals surface area contributed by atoms with E-state index in [9.17, 15) is 0 Å². The molecule has 0 aliphatic carbocycles. The van der Waals surface area contributed by atoms with Gasteiger partial charge < -0.3 is 10.1 Å². The van der Waals surface area contributed by atoms with Crippen LogP contribution in [0.5, 0.6) is 0 Å². The SMILES string of the molecule is CCNC(Cc1ccccc1C)C1=CCCO1. The maximum atomic E-state index is 5.68. The van der Waals surface area contributed by atoms with Crippen LogP contribution in [0, 0.1) is 6.92 Å². The molecule has 1 heterocycles. The van der Waals surface area contributed by atoms with Crippen LogP contribution in [0.25, 0.3) is 0 Å². The lowest BCUT2D eigenvalue weighted by Crippen LogP contribution is -2.33. The van der Waals surface area contributed by atoms with Gasteiger partial charge in [0, 0.05) is 6.42 Å². The normalized spacial score (nSPS) is 16.5. The molecule has 1 unspecified atom stereocenters. The highest BCUT2D eigenvalue weighted by Gasteiger charge is 2.18. The van der Waals surface area contributed by atoms with Gasteiger partial charge in [-0.3, -0.25) is 0 Å². The molecule has 1 aliphatic rings. The second-order valence-corrected chi connectivity index (χ2v) is 4.48. The van der Waals surface area contributed by atoms with Crippen molar-refractivity contribution in [3.05, 3.63) is 47.2 Å². The molecule has 1 atom stereocenters. The van der Waals surface area contributed by atoms with Crippen LogP contribution in [0.4, 0.5) is 0 Å². The fourth-order valence-electron chi connectivity index (χ4n) is 2.26. The minimum absolute atomic E-state index is 0.323. The lowest BCUT2D eigenvalue weighted by molar-refractivity contribution is 0.215. The van der Waals surface area contributed by atoms with E-state index in [1.54, 1.807) is 0 Å². The van der Waals surface area contributed by atoms with Gasteiger partial charge in [0.25, 0.3) is 0 Å². The predicted molar refractivity (Wildman–Crippen MR) is 71.0 cm³/mol. The van der Waals surface area contributed by atoms with Crippen LogP contribution in [0.1, 0.15) is 24.5 Å². The summed E-state index contributed by atoms with van der Waals surface area (Å²) in [5.41, 5.74) is 2.75. The Hall–Kier alpha value is -1.28. The summed E-state index contributed by atoms with van der Waals surface area (Å²) in [7, 11) is 0. The lowest BCUT2D eigenvalue weighted by atomic mass is 10.00. The van der Waals surface area contributed by atoms with E-state index in [4.69, 9.17) is 4.74 Å². The molecule has 0 radical (unpaired) electrons. The number of nitrogens with one attached hydrogen (secondary N) is 1. The van der Waals surface area contributed by atoms with Crippen LogP contribution in [0.15, 0.2) is 36.1 Å². The van der Waals surface area contributed by atoms with Gasteiger partial charge in [0.05, 0.1) is 12.6 Å². The Labute approximate surface area is 104 Å². The van der Waals surface area contributed by atoms with E-state index in [-0.39, 0.29) is 0 Å². The van der Waals surface area contributed by atoms with E-state index in [1.165, 1.54) is 11.1 Å². The van der Waals surface area contributed by atoms with Crippen molar-refractivity contribution in [1.82, 2.24) is 5.32 Å². The van der Waals surface area contributed by atoms with Crippen molar-refractivity contribution in [3.63, 3.8) is 0 Å². The second-order valence-electron chi connectivity index (χ2n) is 4.48. The first kappa shape index (κ1) is 12.2. The monoisotopic (exact) mass is 231 g/mol. The molecule has 1 N–H and O–H groups in total. The molecule has 1 aromatic rings. The van der Waals surface area contributed by atoms with Gasteiger partial charge in [0.15, 0.2) is 0 Å². The van der Waals surface area contributed by atoms with Crippen molar-refractivity contribution in [2.75, 3.05) is 13.2 Å². The number of rotatable bonds is 5. The average Bonchev–Trinajstić information content (AvgIpc) is 2.85. The van der Waals surface area contributed by atoms with Crippen LogP contribution in [-0.2, 0) is 11.2 Å². The van der Waals surface area contributed by atoms with E-state index in [0.717, 1.165) is 31.8 Å². The fraction of sp³-hybridized carbons (Fsp3) is 0.467. The second kappa shape index (κ2) is 5.87. The minimum atomic E-state index is 0.323. The Morgan fingerprint density at radius 1 is 1.35 bits per heavy atom. The molecule has 92 valence electrons. The van der Waals surface area contributed by atoms with Crippen molar-refractivity contribution in [3.8, 4) is 0 Å². The zero-order valence-electron chi connectivity index (χ0n) is 10.7. The first-order valence-electron chi connectivity index (χ1n) is 6.42. The number of hydrogen-bond acceptors (Lipinski definition) is 2. The van der Waals surface area contributed by atoms with E-state index in [2.05, 4.69) is 49.5 Å². The smallest absolute Gasteiger partial charge is 0.109 e. The summed E-state index contributed by atoms with van der Waals surface area (Å²) in [5.74, 6) is 1.12. The zero-order chi connectivity index (χ0) is 12.1. The van der Waals surface area contributed by atoms with Gasteiger partial charge in [-0.2, -0.15) is 0 Å². The molecule has 0 spiro atoms. The highest BCUT2D eigenvalue weighted by atomic mass is 16.5. The van der Waals surface area contributed by atoms with Gasteiger partial charge in [-0.25, -0.2) is 0 Å². The molecule has 0 amide bonds. The molecule has 1 aromatic carbocycles. The molecular formula is C15H21NO. The van der Waals surface area contributed by atoms with Gasteiger partial charge in [-0.1, -0.05) is 31.2 Å². The lowest BCUT2D eigenvalue weighted by Gasteiger charge is -2.20. The average molecular weight is 231 g/mol. The van der Waals surface area contributed by atoms with Gasteiger partial charge in [0.1, 0.15) is 5.76 Å². The summed E-state index contributed by atoms with van der Waals surface area (Å²) < 4.78 is 5.68. The Morgan fingerprint density at radius 3 is 2.82 bits per heavy atom. The molecule has 0 saturated carbocycles. The van der Waals surface area contributed by atoms with Gasteiger partial charge in [0.2, 0.25) is 0 Å². The maximum Gasteiger partial charge on any atom is 0.109 e. The Bertz CT molecular complexity index is 398. The van der Waals surface area contributed by atoms with Gasteiger partial charge in [-0.05, 0) is 37.1 Å². The molecule has 2 rings (SSSR count). The molecule has 0 aromatic heterocycles. The highest BCUT2D eigenvalue weighted by Crippen LogP contribution is 2.18. The third-order valence-corrected chi connectivity index (χ3v) is 3.21. The molecule has 0 bridgehead atoms. The molecule has 0 saturated heterocycles. The molecule has 17 heavy (non-hydrogen) atoms. The van der Waals surface area contributed by atoms with Crippen molar-refractivity contribution in [2.24, 2.45) is 0 Å². The van der Waals surface area contributed by atoms with Crippen molar-refractivity contribution in [1.29, 1.82) is 0 Å². The van der Waals surface area contributed by atoms with Crippen LogP contribution in [0.2, 0.25) is 0 Å². The van der Waals surface area contributed by atoms with Crippen LogP contribution < -0.4 is 5.32 Å². The van der Waals surface area contributed by atoms with Crippen molar-refractivity contribution < 1.29 is 4.74 Å². The highest BCUT2D eigenvalue weighted by molar-refractivity contribution is 5.28. The number of ether oxygens (including phenoxy) is 1. The summed E-state index contributed by atoms with van der Waals surface area (Å²) in [6.07, 6.45) is 4.27. The van der Waals surface area contributed by atoms with Gasteiger partial charge >= 0.3 is 0 Å². The summed E-state index contributed by atoms with van der Waals surface area (Å²) in [6, 6.07) is 8.89. The fourth-order valence-corrected chi connectivity index (χ4v) is 2.26. The first-order chi connectivity index (χ1) is 8.31. The minimum Gasteiger partial charge on any atom is -0.496 e. The Balaban J connectivity index is 2.10. The van der Waals surface area contributed by atoms with Crippen molar-refractivity contribution in [2.45, 2.75) is 32.7 Å². The van der Waals surface area contributed by atoms with Crippen molar-refractivity contribution >= 4 is 0 Å². The quantitative estimate of drug-likeness (QED) is 0.841. The summed E-state index contributed by atoms with van der Waals surface area (Å²) in [4.78, 5) is 0. The molecule has 0 fully saturated rings. The van der Waals surface area contributed by atoms with E-state index >= 15 is 0 Å². The number of likely N-dealkylation sites (N-methyl/N-ethyl adjacent to an activating group) is 1. The third-order valence-electron chi connectivity index (χ3n) is 3.21. The Kier molecular flexibility index (Phi) is 4.21. The number of aryl methyl sites for hydroxylation is 1. The standard InChI is InChI=1S/C15H21NO/c1-3-16-14(15-9-6-10-17-15)11-13-8-5-4-7-12(13)2/h4-5,7-9,14,16H,3,6,10-11H2,1-2H3. The first-order valence-corrected chi connectivity index (χ1v) is 6.42. The largest absolute Gasteiger partial charge is 0.496 e. The van der Waals surface area contributed by atoms with E-state index < -0.39 is 0 Å². The van der Waals surface area contributed by atoms with Crippen LogP contribution in [0.3, 0.4) is 0 Å². The predicted octanol–water partition coefficient (Wildman–Crippen LogP) is 2.82. The molecule has 2 nitrogen and oxygen atoms in total. The van der Waals surface area contributed by atoms with Crippen LogP contribution >= 0.6 is 0 Å².